The molecule has 0 radical (unpaired) electrons. The van der Waals surface area contributed by atoms with Gasteiger partial charge >= 0.3 is 186 Å². The van der Waals surface area contributed by atoms with Gasteiger partial charge < -0.3 is 0 Å². The molecule has 0 aromatic carbocycles. The van der Waals surface area contributed by atoms with Gasteiger partial charge in [-0.05, 0) is 0 Å². The molecule has 0 atom stereocenters. The summed E-state index contributed by atoms with van der Waals surface area (Å²) in [5.74, 6) is 0. The second-order valence-electron chi connectivity index (χ2n) is 9.51. The summed E-state index contributed by atoms with van der Waals surface area (Å²) in [6, 6.07) is 0. The van der Waals surface area contributed by atoms with Crippen molar-refractivity contribution < 1.29 is 2.79 Å². The van der Waals surface area contributed by atoms with Crippen molar-refractivity contribution in [2.75, 3.05) is 0 Å². The molecule has 0 aliphatic rings. The zero-order chi connectivity index (χ0) is 21.3. The molecule has 3 heteroatoms. The number of unbranched alkanes of at least 4 members (excludes halogenated alkanes) is 20. The minimum atomic E-state index is -1.28. The van der Waals surface area contributed by atoms with Crippen molar-refractivity contribution in [3.8, 4) is 0 Å². The standard InChI is InChI=1S/C26H58Ge2O/c1-3-5-7-9-11-13-15-17-19-21-23-25-28(29-27)26-24-22-20-18-16-14-12-10-8-6-4-2/h28H,3-26H2,1-2,27H3. The minimum absolute atomic E-state index is 0.646. The summed E-state index contributed by atoms with van der Waals surface area (Å²) >= 11 is -0.635. The van der Waals surface area contributed by atoms with Crippen molar-refractivity contribution in [3.63, 3.8) is 0 Å². The molecule has 0 saturated carbocycles. The molecule has 0 fully saturated rings. The molecule has 0 aromatic rings. The summed E-state index contributed by atoms with van der Waals surface area (Å²) < 4.78 is 6.11. The van der Waals surface area contributed by atoms with Crippen LogP contribution in [0.3, 0.4) is 0 Å². The first kappa shape index (κ1) is 30.0. The average Bonchev–Trinajstić information content (AvgIpc) is 2.74. The fourth-order valence-electron chi connectivity index (χ4n) is 4.45. The van der Waals surface area contributed by atoms with Crippen LogP contribution in [0.4, 0.5) is 0 Å². The first-order valence-corrected chi connectivity index (χ1v) is 20.0. The summed E-state index contributed by atoms with van der Waals surface area (Å²) in [6.07, 6.45) is 32.2. The molecule has 0 aliphatic heterocycles. The van der Waals surface area contributed by atoms with Gasteiger partial charge in [0.25, 0.3) is 0 Å². The third-order valence-electron chi connectivity index (χ3n) is 6.59. The van der Waals surface area contributed by atoms with Crippen LogP contribution < -0.4 is 0 Å². The van der Waals surface area contributed by atoms with E-state index >= 15 is 0 Å². The SMILES string of the molecule is CCCCCCCCCCCC[CH2][GeH]([CH2]CCCCCCCCCCCC)[O][GeH3]. The van der Waals surface area contributed by atoms with Gasteiger partial charge in [0.1, 0.15) is 0 Å². The first-order valence-electron chi connectivity index (χ1n) is 13.9. The molecule has 0 unspecified atom stereocenters. The van der Waals surface area contributed by atoms with Gasteiger partial charge in [0.05, 0.1) is 0 Å². The second kappa shape index (κ2) is 27.1. The third-order valence-corrected chi connectivity index (χ3v) is 19.7. The molecule has 0 rings (SSSR count). The van der Waals surface area contributed by atoms with Gasteiger partial charge in [-0.2, -0.15) is 0 Å². The van der Waals surface area contributed by atoms with Crippen LogP contribution in [0, 0.1) is 0 Å². The fraction of sp³-hybridized carbons (Fsp3) is 1.00. The van der Waals surface area contributed by atoms with Gasteiger partial charge in [-0.15, -0.1) is 0 Å². The summed E-state index contributed by atoms with van der Waals surface area (Å²) in [5, 5.41) is 3.03. The van der Waals surface area contributed by atoms with Crippen molar-refractivity contribution >= 4 is 31.5 Å². The maximum atomic E-state index is 6.11. The Morgan fingerprint density at radius 1 is 0.414 bits per heavy atom. The van der Waals surface area contributed by atoms with E-state index in [1.54, 1.807) is 0 Å². The predicted molar refractivity (Wildman–Crippen MR) is 141 cm³/mol. The summed E-state index contributed by atoms with van der Waals surface area (Å²) in [6.45, 7) is 4.61. The Kier molecular flexibility index (Phi) is 28.1. The van der Waals surface area contributed by atoms with Crippen molar-refractivity contribution in [1.82, 2.24) is 0 Å². The van der Waals surface area contributed by atoms with E-state index in [0.717, 1.165) is 0 Å². The van der Waals surface area contributed by atoms with Gasteiger partial charge in [0, 0.05) is 0 Å². The van der Waals surface area contributed by atoms with Crippen molar-refractivity contribution in [3.05, 3.63) is 0 Å². The molecular formula is C26H58Ge2O. The van der Waals surface area contributed by atoms with E-state index in [-0.39, 0.29) is 0 Å². The average molecular weight is 532 g/mol. The van der Waals surface area contributed by atoms with Crippen molar-refractivity contribution in [1.29, 1.82) is 0 Å². The van der Waals surface area contributed by atoms with E-state index in [2.05, 4.69) is 13.8 Å². The van der Waals surface area contributed by atoms with Gasteiger partial charge in [-0.1, -0.05) is 13.8 Å². The Bertz CT molecular complexity index is 260. The van der Waals surface area contributed by atoms with Crippen molar-refractivity contribution in [2.24, 2.45) is 0 Å². The summed E-state index contributed by atoms with van der Waals surface area (Å²) in [5.41, 5.74) is 0. The first-order chi connectivity index (χ1) is 14.3. The van der Waals surface area contributed by atoms with Crippen LogP contribution in [-0.4, -0.2) is 31.5 Å². The second-order valence-corrected chi connectivity index (χ2v) is 20.7. The van der Waals surface area contributed by atoms with Crippen LogP contribution in [0.15, 0.2) is 0 Å². The molecule has 0 spiro atoms. The Balaban J connectivity index is 3.27. The molecule has 0 heterocycles. The zero-order valence-electron chi connectivity index (χ0n) is 21.0. The molecule has 0 saturated heterocycles. The van der Waals surface area contributed by atoms with Gasteiger partial charge in [-0.25, -0.2) is 0 Å². The normalized spacial score (nSPS) is 11.7. The quantitative estimate of drug-likeness (QED) is 0.0846. The molecule has 0 N–H and O–H groups in total. The zero-order valence-corrected chi connectivity index (χ0v) is 27.6. The molecule has 0 amide bonds. The van der Waals surface area contributed by atoms with Crippen LogP contribution >= 0.6 is 0 Å². The van der Waals surface area contributed by atoms with Gasteiger partial charge in [0.2, 0.25) is 0 Å². The fourth-order valence-corrected chi connectivity index (χ4v) is 14.3. The molecule has 0 aromatic heterocycles. The Morgan fingerprint density at radius 3 is 0.897 bits per heavy atom. The molecule has 0 bridgehead atoms. The van der Waals surface area contributed by atoms with Crippen LogP contribution in [0.25, 0.3) is 0 Å². The van der Waals surface area contributed by atoms with E-state index < -0.39 is 14.7 Å². The Hall–Kier alpha value is 1.05. The van der Waals surface area contributed by atoms with Crippen LogP contribution in [0.2, 0.25) is 10.5 Å². The van der Waals surface area contributed by atoms with E-state index in [1.807, 2.05) is 0 Å². The summed E-state index contributed by atoms with van der Waals surface area (Å²) in [4.78, 5) is 0. The van der Waals surface area contributed by atoms with E-state index in [1.165, 1.54) is 152 Å². The van der Waals surface area contributed by atoms with Crippen LogP contribution in [0.1, 0.15) is 155 Å². The van der Waals surface area contributed by atoms with E-state index in [4.69, 9.17) is 2.79 Å². The van der Waals surface area contributed by atoms with E-state index in [9.17, 15) is 0 Å². The van der Waals surface area contributed by atoms with Gasteiger partial charge in [0.15, 0.2) is 0 Å². The molecule has 0 aliphatic carbocycles. The molecule has 176 valence electrons. The molecule has 29 heavy (non-hydrogen) atoms. The molecular weight excluding hydrogens is 474 g/mol. The topological polar surface area (TPSA) is 9.23 Å². The van der Waals surface area contributed by atoms with Crippen LogP contribution in [-0.2, 0) is 2.79 Å². The van der Waals surface area contributed by atoms with Crippen LogP contribution in [0.5, 0.6) is 0 Å². The Morgan fingerprint density at radius 2 is 0.655 bits per heavy atom. The number of rotatable bonds is 25. The molecule has 1 nitrogen and oxygen atoms in total. The summed E-state index contributed by atoms with van der Waals surface area (Å²) in [7, 11) is 0. The number of hydrogen-bond donors (Lipinski definition) is 0. The number of hydrogen-bond acceptors (Lipinski definition) is 1. The van der Waals surface area contributed by atoms with E-state index in [0.29, 0.717) is 16.9 Å². The predicted octanol–water partition coefficient (Wildman–Crippen LogP) is 8.63. The van der Waals surface area contributed by atoms with Crippen molar-refractivity contribution in [2.45, 2.75) is 166 Å². The van der Waals surface area contributed by atoms with Gasteiger partial charge in [-0.3, -0.25) is 0 Å². The maximum absolute atomic E-state index is 6.11. The monoisotopic (exact) mass is 534 g/mol. The Labute approximate surface area is 199 Å². The third kappa shape index (κ3) is 25.2.